The van der Waals surface area contributed by atoms with Gasteiger partial charge in [0.15, 0.2) is 0 Å². The molecule has 0 fully saturated rings. The van der Waals surface area contributed by atoms with E-state index in [0.717, 1.165) is 22.7 Å². The third kappa shape index (κ3) is 2.14. The van der Waals surface area contributed by atoms with Crippen molar-refractivity contribution in [2.75, 3.05) is 0 Å². The summed E-state index contributed by atoms with van der Waals surface area (Å²) in [5, 5.41) is 14.9. The summed E-state index contributed by atoms with van der Waals surface area (Å²) >= 11 is 6.00. The Hall–Kier alpha value is -2.01. The number of nitrogens with one attached hydrogen (secondary N) is 1. The largest absolute Gasteiger partial charge is 0.507 e. The van der Waals surface area contributed by atoms with Gasteiger partial charge in [0.25, 0.3) is 0 Å². The van der Waals surface area contributed by atoms with Crippen molar-refractivity contribution < 1.29 is 5.11 Å². The van der Waals surface area contributed by atoms with Crippen molar-refractivity contribution in [2.45, 2.75) is 19.4 Å². The first-order valence-corrected chi connectivity index (χ1v) is 6.73. The number of hydrogen-bond acceptors (Lipinski definition) is 4. The minimum absolute atomic E-state index is 0.0255. The average Bonchev–Trinajstić information content (AvgIpc) is 3.01. The number of imidazole rings is 1. The van der Waals surface area contributed by atoms with Crippen LogP contribution in [0.25, 0.3) is 0 Å². The van der Waals surface area contributed by atoms with Crippen LogP contribution in [0.15, 0.2) is 29.5 Å². The highest BCUT2D eigenvalue weighted by Gasteiger charge is 2.26. The highest BCUT2D eigenvalue weighted by Crippen LogP contribution is 2.28. The molecule has 2 aromatic rings. The lowest BCUT2D eigenvalue weighted by Crippen LogP contribution is -2.15. The lowest BCUT2D eigenvalue weighted by molar-refractivity contribution is 0.474. The number of aryl methyl sites for hydroxylation is 1. The third-order valence-corrected chi connectivity index (χ3v) is 3.85. The summed E-state index contributed by atoms with van der Waals surface area (Å²) in [5.41, 5.74) is 5.74. The van der Waals surface area contributed by atoms with Gasteiger partial charge in [0.1, 0.15) is 22.8 Å². The van der Waals surface area contributed by atoms with Crippen LogP contribution in [0.2, 0.25) is 5.15 Å². The number of phenolic OH excluding ortho intramolecular Hbond substituents is 1. The second-order valence-electron chi connectivity index (χ2n) is 4.96. The second-order valence-corrected chi connectivity index (χ2v) is 5.35. The SMILES string of the molecule is Cc1ccc(O)c(C2=NNC(c3ncc(Cl)n3C)C2)c1. The van der Waals surface area contributed by atoms with Crippen molar-refractivity contribution in [3.63, 3.8) is 0 Å². The van der Waals surface area contributed by atoms with Gasteiger partial charge in [-0.25, -0.2) is 4.98 Å². The molecular formula is C14H15ClN4O. The van der Waals surface area contributed by atoms with Crippen molar-refractivity contribution in [1.29, 1.82) is 0 Å². The molecule has 0 aliphatic carbocycles. The van der Waals surface area contributed by atoms with E-state index in [1.165, 1.54) is 0 Å². The van der Waals surface area contributed by atoms with E-state index in [1.807, 2.05) is 30.7 Å². The fourth-order valence-corrected chi connectivity index (χ4v) is 2.50. The Morgan fingerprint density at radius 2 is 2.25 bits per heavy atom. The zero-order valence-corrected chi connectivity index (χ0v) is 12.0. The predicted octanol–water partition coefficient (Wildman–Crippen LogP) is 2.53. The molecule has 104 valence electrons. The molecule has 0 spiro atoms. The zero-order valence-electron chi connectivity index (χ0n) is 11.3. The molecule has 0 saturated carbocycles. The van der Waals surface area contributed by atoms with Crippen LogP contribution in [0.1, 0.15) is 29.4 Å². The van der Waals surface area contributed by atoms with Crippen LogP contribution in [0, 0.1) is 6.92 Å². The van der Waals surface area contributed by atoms with Gasteiger partial charge in [0, 0.05) is 19.0 Å². The van der Waals surface area contributed by atoms with Crippen LogP contribution >= 0.6 is 11.6 Å². The van der Waals surface area contributed by atoms with E-state index >= 15 is 0 Å². The summed E-state index contributed by atoms with van der Waals surface area (Å²) in [4.78, 5) is 4.30. The topological polar surface area (TPSA) is 62.4 Å². The Labute approximate surface area is 121 Å². The van der Waals surface area contributed by atoms with Crippen molar-refractivity contribution in [1.82, 2.24) is 15.0 Å². The van der Waals surface area contributed by atoms with Gasteiger partial charge in [0.2, 0.25) is 0 Å². The molecule has 0 bridgehead atoms. The molecule has 1 aliphatic rings. The summed E-state index contributed by atoms with van der Waals surface area (Å²) in [6.45, 7) is 1.99. The van der Waals surface area contributed by atoms with Gasteiger partial charge in [-0.2, -0.15) is 5.10 Å². The van der Waals surface area contributed by atoms with Crippen molar-refractivity contribution in [3.05, 3.63) is 46.5 Å². The Morgan fingerprint density at radius 1 is 1.45 bits per heavy atom. The van der Waals surface area contributed by atoms with Crippen LogP contribution < -0.4 is 5.43 Å². The van der Waals surface area contributed by atoms with E-state index < -0.39 is 0 Å². The summed E-state index contributed by atoms with van der Waals surface area (Å²) in [6, 6.07) is 5.47. The van der Waals surface area contributed by atoms with Gasteiger partial charge >= 0.3 is 0 Å². The number of hydrazone groups is 1. The van der Waals surface area contributed by atoms with Crippen LogP contribution in [0.3, 0.4) is 0 Å². The molecule has 2 heterocycles. The molecule has 0 radical (unpaired) electrons. The maximum Gasteiger partial charge on any atom is 0.134 e. The molecule has 6 heteroatoms. The van der Waals surface area contributed by atoms with Gasteiger partial charge < -0.3 is 9.67 Å². The Kier molecular flexibility index (Phi) is 3.14. The van der Waals surface area contributed by atoms with Crippen LogP contribution in [0.5, 0.6) is 5.75 Å². The number of nitrogens with zero attached hydrogens (tertiary/aromatic N) is 3. The molecule has 3 rings (SSSR count). The van der Waals surface area contributed by atoms with Gasteiger partial charge in [-0.1, -0.05) is 23.2 Å². The predicted molar refractivity (Wildman–Crippen MR) is 78.1 cm³/mol. The first-order chi connectivity index (χ1) is 9.56. The molecule has 1 aromatic carbocycles. The maximum atomic E-state index is 9.96. The number of phenols is 1. The molecule has 2 N–H and O–H groups in total. The number of rotatable bonds is 2. The maximum absolute atomic E-state index is 9.96. The van der Waals surface area contributed by atoms with Crippen molar-refractivity contribution >= 4 is 17.3 Å². The standard InChI is InChI=1S/C14H15ClN4O/c1-8-3-4-12(20)9(5-8)10-6-11(18-17-10)14-16-7-13(15)19(14)2/h3-5,7,11,18,20H,6H2,1-2H3. The number of halogens is 1. The average molecular weight is 291 g/mol. The molecule has 20 heavy (non-hydrogen) atoms. The molecule has 1 aliphatic heterocycles. The highest BCUT2D eigenvalue weighted by atomic mass is 35.5. The lowest BCUT2D eigenvalue weighted by atomic mass is 10.0. The van der Waals surface area contributed by atoms with Gasteiger partial charge in [-0.3, -0.25) is 5.43 Å². The van der Waals surface area contributed by atoms with Crippen LogP contribution in [-0.2, 0) is 7.05 Å². The Bertz CT molecular complexity index is 692. The molecule has 0 amide bonds. The molecule has 1 unspecified atom stereocenters. The quantitative estimate of drug-likeness (QED) is 0.893. The van der Waals surface area contributed by atoms with E-state index in [0.29, 0.717) is 11.6 Å². The molecule has 1 aromatic heterocycles. The van der Waals surface area contributed by atoms with Crippen LogP contribution in [0.4, 0.5) is 0 Å². The smallest absolute Gasteiger partial charge is 0.134 e. The number of hydrogen-bond donors (Lipinski definition) is 2. The van der Waals surface area contributed by atoms with Gasteiger partial charge in [-0.15, -0.1) is 0 Å². The summed E-state index contributed by atoms with van der Waals surface area (Å²) < 4.78 is 1.83. The normalized spacial score (nSPS) is 17.9. The van der Waals surface area contributed by atoms with E-state index in [-0.39, 0.29) is 11.8 Å². The van der Waals surface area contributed by atoms with E-state index in [9.17, 15) is 5.11 Å². The molecule has 0 saturated heterocycles. The van der Waals surface area contributed by atoms with E-state index in [2.05, 4.69) is 15.5 Å². The Morgan fingerprint density at radius 3 is 2.95 bits per heavy atom. The summed E-state index contributed by atoms with van der Waals surface area (Å²) in [6.07, 6.45) is 2.29. The molecule has 5 nitrogen and oxygen atoms in total. The van der Waals surface area contributed by atoms with Crippen LogP contribution in [-0.4, -0.2) is 20.4 Å². The summed E-state index contributed by atoms with van der Waals surface area (Å²) in [5.74, 6) is 1.08. The van der Waals surface area contributed by atoms with E-state index in [1.54, 1.807) is 12.3 Å². The summed E-state index contributed by atoms with van der Waals surface area (Å²) in [7, 11) is 1.87. The third-order valence-electron chi connectivity index (χ3n) is 3.49. The van der Waals surface area contributed by atoms with Crippen molar-refractivity contribution in [2.24, 2.45) is 12.1 Å². The van der Waals surface area contributed by atoms with Gasteiger partial charge in [0.05, 0.1) is 11.9 Å². The monoisotopic (exact) mass is 290 g/mol. The van der Waals surface area contributed by atoms with E-state index in [4.69, 9.17) is 11.6 Å². The number of benzene rings is 1. The minimum Gasteiger partial charge on any atom is -0.507 e. The fourth-order valence-electron chi connectivity index (χ4n) is 2.37. The van der Waals surface area contributed by atoms with Gasteiger partial charge in [-0.05, 0) is 19.1 Å². The zero-order chi connectivity index (χ0) is 14.3. The highest BCUT2D eigenvalue weighted by molar-refractivity contribution is 6.29. The first kappa shape index (κ1) is 13.0. The molecule has 1 atom stereocenters. The fraction of sp³-hybridized carbons (Fsp3) is 0.286. The Balaban J connectivity index is 1.86. The lowest BCUT2D eigenvalue weighted by Gasteiger charge is -2.10. The minimum atomic E-state index is -0.0255. The number of aromatic nitrogens is 2. The molecular weight excluding hydrogens is 276 g/mol. The van der Waals surface area contributed by atoms with Crippen molar-refractivity contribution in [3.8, 4) is 5.75 Å². The number of aromatic hydroxyl groups is 1. The second kappa shape index (κ2) is 4.83. The first-order valence-electron chi connectivity index (χ1n) is 6.35.